The zero-order chi connectivity index (χ0) is 39.3. The van der Waals surface area contributed by atoms with Crippen LogP contribution in [0.4, 0.5) is 4.79 Å². The Balaban J connectivity index is 1.41. The maximum Gasteiger partial charge on any atom is 0.315 e. The fourth-order valence-corrected chi connectivity index (χ4v) is 9.88. The highest BCUT2D eigenvalue weighted by molar-refractivity contribution is 6.36. The average molecular weight is 740 g/mol. The summed E-state index contributed by atoms with van der Waals surface area (Å²) in [6.07, 6.45) is 8.66. The van der Waals surface area contributed by atoms with Gasteiger partial charge in [-0.3, -0.25) is 33.7 Å². The van der Waals surface area contributed by atoms with E-state index in [1.54, 1.807) is 4.90 Å². The number of nitrogens with one attached hydrogen (secondary N) is 2. The van der Waals surface area contributed by atoms with E-state index in [0.717, 1.165) is 57.8 Å². The average Bonchev–Trinajstić information content (AvgIpc) is 3.69. The van der Waals surface area contributed by atoms with Crippen LogP contribution in [-0.2, 0) is 28.8 Å². The summed E-state index contributed by atoms with van der Waals surface area (Å²) in [4.78, 5) is 97.7. The Morgan fingerprint density at radius 3 is 2.02 bits per heavy atom. The number of hydrogen-bond acceptors (Lipinski definition) is 7. The molecule has 0 aromatic heterocycles. The predicted octanol–water partition coefficient (Wildman–Crippen LogP) is 4.91. The first-order valence-corrected chi connectivity index (χ1v) is 20.1. The highest BCUT2D eigenvalue weighted by Gasteiger charge is 2.58. The van der Waals surface area contributed by atoms with E-state index in [-0.39, 0.29) is 66.6 Å². The molecule has 5 fully saturated rings. The van der Waals surface area contributed by atoms with Crippen molar-refractivity contribution in [1.29, 1.82) is 0 Å². The van der Waals surface area contributed by atoms with Crippen LogP contribution in [0.2, 0.25) is 0 Å². The van der Waals surface area contributed by atoms with Crippen molar-refractivity contribution >= 4 is 41.2 Å². The summed E-state index contributed by atoms with van der Waals surface area (Å²) in [7, 11) is 0. The summed E-state index contributed by atoms with van der Waals surface area (Å²) >= 11 is 0. The third-order valence-corrected chi connectivity index (χ3v) is 13.6. The van der Waals surface area contributed by atoms with Gasteiger partial charge in [-0.1, -0.05) is 87.5 Å². The molecule has 5 rings (SSSR count). The highest BCUT2D eigenvalue weighted by Crippen LogP contribution is 2.54. The second kappa shape index (κ2) is 15.1. The first-order valence-electron chi connectivity index (χ1n) is 20.1. The molecule has 53 heavy (non-hydrogen) atoms. The fourth-order valence-electron chi connectivity index (χ4n) is 9.88. The molecule has 1 unspecified atom stereocenters. The number of rotatable bonds is 13. The highest BCUT2D eigenvalue weighted by atomic mass is 16.2. The number of primary amides is 1. The van der Waals surface area contributed by atoms with Gasteiger partial charge in [0.15, 0.2) is 5.78 Å². The van der Waals surface area contributed by atoms with E-state index in [9.17, 15) is 28.8 Å². The number of fused-ring (bicyclic) bond motifs is 1. The Hall–Kier alpha value is -3.31. The molecule has 3 aliphatic carbocycles. The number of piperidine rings is 1. The lowest BCUT2D eigenvalue weighted by Gasteiger charge is -2.43. The number of likely N-dealkylation sites (tertiary alicyclic amines) is 2. The molecule has 6 amide bonds. The summed E-state index contributed by atoms with van der Waals surface area (Å²) in [6, 6.07) is -2.86. The molecule has 0 radical (unpaired) electrons. The van der Waals surface area contributed by atoms with Crippen molar-refractivity contribution < 1.29 is 33.6 Å². The number of ketones is 2. The molecule has 2 aliphatic heterocycles. The Morgan fingerprint density at radius 2 is 1.47 bits per heavy atom. The molecule has 296 valence electrons. The molecule has 0 aromatic rings. The summed E-state index contributed by atoms with van der Waals surface area (Å²) in [5.74, 6) is -3.32. The lowest BCUT2D eigenvalue weighted by molar-refractivity contribution is -0.153. The Labute approximate surface area is 315 Å². The van der Waals surface area contributed by atoms with Gasteiger partial charge in [0.25, 0.3) is 5.91 Å². The minimum atomic E-state index is -1.03. The largest absolute Gasteiger partial charge is 0.363 e. The normalized spacial score (nSPS) is 28.1. The van der Waals surface area contributed by atoms with Gasteiger partial charge in [-0.05, 0) is 71.5 Å². The van der Waals surface area contributed by atoms with Gasteiger partial charge in [0, 0.05) is 38.3 Å². The van der Waals surface area contributed by atoms with Crippen LogP contribution in [0.5, 0.6) is 0 Å². The molecule has 6 atom stereocenters. The van der Waals surface area contributed by atoms with Gasteiger partial charge in [0.1, 0.15) is 6.04 Å². The van der Waals surface area contributed by atoms with E-state index >= 15 is 4.79 Å². The maximum atomic E-state index is 15.1. The molecular weight excluding hydrogens is 674 g/mol. The maximum absolute atomic E-state index is 15.1. The zero-order valence-electron chi connectivity index (χ0n) is 33.5. The zero-order valence-corrected chi connectivity index (χ0v) is 33.5. The second-order valence-corrected chi connectivity index (χ2v) is 20.1. The Bertz CT molecular complexity index is 1470. The van der Waals surface area contributed by atoms with E-state index < -0.39 is 58.0 Å². The topological polar surface area (TPSA) is 176 Å². The van der Waals surface area contributed by atoms with Crippen molar-refractivity contribution in [2.45, 2.75) is 157 Å². The third-order valence-electron chi connectivity index (χ3n) is 13.6. The quantitative estimate of drug-likeness (QED) is 0.178. The fraction of sp³-hybridized carbons (Fsp3) is 0.829. The second-order valence-electron chi connectivity index (χ2n) is 20.1. The minimum Gasteiger partial charge on any atom is -0.363 e. The van der Waals surface area contributed by atoms with Crippen LogP contribution in [0.1, 0.15) is 139 Å². The smallest absolute Gasteiger partial charge is 0.315 e. The van der Waals surface area contributed by atoms with Crippen LogP contribution in [0.15, 0.2) is 0 Å². The van der Waals surface area contributed by atoms with Crippen LogP contribution in [0.3, 0.4) is 0 Å². The van der Waals surface area contributed by atoms with Gasteiger partial charge in [-0.15, -0.1) is 0 Å². The van der Waals surface area contributed by atoms with E-state index in [2.05, 4.69) is 24.5 Å². The van der Waals surface area contributed by atoms with Crippen molar-refractivity contribution in [3.05, 3.63) is 0 Å². The standard InChI is InChI=1S/C41H65N5O7/c1-38(2,3)29(23-45-30(48)20-39(4,5)21-31(45)49)43-37(53)44-34(41(8)15-10-9-11-16-41)36(52)46-22-27-26(14-17-40(27,6)7)32(46)28(47)19-25(18-24-12-13-24)33(50)35(42)51/h24-27,29,32,34H,9-23H2,1-8H3,(H2,42,51)(H2,43,44,53)/t25?,26-,27-,29+,32-,34+/m0/s1. The molecule has 0 aromatic carbocycles. The number of nitrogens with zero attached hydrogens (tertiary/aromatic N) is 2. The van der Waals surface area contributed by atoms with Gasteiger partial charge in [-0.25, -0.2) is 4.79 Å². The number of imide groups is 1. The van der Waals surface area contributed by atoms with Crippen molar-refractivity contribution in [2.75, 3.05) is 13.1 Å². The number of nitrogens with two attached hydrogens (primary N) is 1. The summed E-state index contributed by atoms with van der Waals surface area (Å²) in [6.45, 7) is 16.4. The number of carbonyl (C=O) groups excluding carboxylic acids is 7. The summed E-state index contributed by atoms with van der Waals surface area (Å²) < 4.78 is 0. The SMILES string of the molecule is CC1(C)CC(=O)N(C[C@@H](NC(=O)N[C@H](C(=O)N2C[C@H]3[C@H](CCC3(C)C)[C@H]2C(=O)CC(CC2CC2)C(=O)C(N)=O)C2(C)CCCCC2)C(C)(C)C)C(=O)C1. The summed E-state index contributed by atoms with van der Waals surface area (Å²) in [5, 5.41) is 6.12. The molecule has 4 N–H and O–H groups in total. The molecule has 0 bridgehead atoms. The van der Waals surface area contributed by atoms with Gasteiger partial charge in [0.2, 0.25) is 23.5 Å². The molecule has 12 nitrogen and oxygen atoms in total. The van der Waals surface area contributed by atoms with Crippen LogP contribution in [-0.4, -0.2) is 82.2 Å². The Kier molecular flexibility index (Phi) is 11.6. The molecule has 0 spiro atoms. The van der Waals surface area contributed by atoms with Gasteiger partial charge < -0.3 is 21.3 Å². The molecule has 2 saturated heterocycles. The van der Waals surface area contributed by atoms with Crippen LogP contribution < -0.4 is 16.4 Å². The number of carbonyl (C=O) groups is 7. The molecule has 5 aliphatic rings. The predicted molar refractivity (Wildman–Crippen MR) is 200 cm³/mol. The molecule has 12 heteroatoms. The van der Waals surface area contributed by atoms with Crippen LogP contribution >= 0.6 is 0 Å². The van der Waals surface area contributed by atoms with E-state index in [4.69, 9.17) is 5.73 Å². The molecular formula is C41H65N5O7. The number of amides is 6. The Morgan fingerprint density at radius 1 is 0.868 bits per heavy atom. The molecule has 3 saturated carbocycles. The van der Waals surface area contributed by atoms with Crippen LogP contribution in [0.25, 0.3) is 0 Å². The van der Waals surface area contributed by atoms with Crippen LogP contribution in [0, 0.1) is 45.3 Å². The number of urea groups is 1. The van der Waals surface area contributed by atoms with E-state index in [0.29, 0.717) is 18.9 Å². The monoisotopic (exact) mass is 739 g/mol. The first kappa shape index (κ1) is 40.9. The van der Waals surface area contributed by atoms with E-state index in [1.807, 2.05) is 41.5 Å². The molecule has 2 heterocycles. The number of Topliss-reactive ketones (excluding diaryl/α,β-unsaturated/α-hetero) is 2. The van der Waals surface area contributed by atoms with Crippen molar-refractivity contribution in [3.8, 4) is 0 Å². The van der Waals surface area contributed by atoms with Gasteiger partial charge in [0.05, 0.1) is 12.1 Å². The third kappa shape index (κ3) is 9.15. The number of hydrogen-bond donors (Lipinski definition) is 3. The van der Waals surface area contributed by atoms with Crippen molar-refractivity contribution in [1.82, 2.24) is 20.4 Å². The van der Waals surface area contributed by atoms with Crippen molar-refractivity contribution in [3.63, 3.8) is 0 Å². The lowest BCUT2D eigenvalue weighted by atomic mass is 9.70. The lowest BCUT2D eigenvalue weighted by Crippen LogP contribution is -2.63. The summed E-state index contributed by atoms with van der Waals surface area (Å²) in [5.41, 5.74) is 3.79. The van der Waals surface area contributed by atoms with Crippen molar-refractivity contribution in [2.24, 2.45) is 51.1 Å². The van der Waals surface area contributed by atoms with Gasteiger partial charge >= 0.3 is 6.03 Å². The van der Waals surface area contributed by atoms with E-state index in [1.165, 1.54) is 4.90 Å². The first-order chi connectivity index (χ1) is 24.5. The minimum absolute atomic E-state index is 0.0216. The van der Waals surface area contributed by atoms with Gasteiger partial charge in [-0.2, -0.15) is 0 Å².